The van der Waals surface area contributed by atoms with Gasteiger partial charge in [0.2, 0.25) is 0 Å². The SMILES string of the molecule is C=CS(=O)(=O)O/C=C/OS(=O)(=O)C=C. The van der Waals surface area contributed by atoms with Crippen LogP contribution in [0, 0.1) is 0 Å². The smallest absolute Gasteiger partial charge is 0.331 e. The van der Waals surface area contributed by atoms with E-state index in [1.807, 2.05) is 0 Å². The molecule has 6 nitrogen and oxygen atoms in total. The van der Waals surface area contributed by atoms with E-state index in [2.05, 4.69) is 21.5 Å². The zero-order valence-corrected chi connectivity index (χ0v) is 8.62. The minimum atomic E-state index is -3.87. The molecule has 0 spiro atoms. The van der Waals surface area contributed by atoms with Crippen LogP contribution in [-0.4, -0.2) is 16.8 Å². The van der Waals surface area contributed by atoms with E-state index < -0.39 is 20.2 Å². The number of hydrogen-bond acceptors (Lipinski definition) is 6. The Morgan fingerprint density at radius 1 is 0.786 bits per heavy atom. The molecule has 14 heavy (non-hydrogen) atoms. The van der Waals surface area contributed by atoms with Crippen molar-refractivity contribution in [3.05, 3.63) is 36.5 Å². The van der Waals surface area contributed by atoms with Crippen LogP contribution in [0.2, 0.25) is 0 Å². The van der Waals surface area contributed by atoms with Crippen LogP contribution in [0.5, 0.6) is 0 Å². The summed E-state index contributed by atoms with van der Waals surface area (Å²) in [5.41, 5.74) is 0. The van der Waals surface area contributed by atoms with Gasteiger partial charge in [-0.3, -0.25) is 0 Å². The normalized spacial score (nSPS) is 12.3. The third-order valence-corrected chi connectivity index (χ3v) is 2.42. The van der Waals surface area contributed by atoms with Crippen molar-refractivity contribution < 1.29 is 25.2 Å². The molecule has 0 aromatic heterocycles. The minimum Gasteiger partial charge on any atom is -0.384 e. The highest BCUT2D eigenvalue weighted by Crippen LogP contribution is 1.98. The monoisotopic (exact) mass is 240 g/mol. The second kappa shape index (κ2) is 4.82. The van der Waals surface area contributed by atoms with Crippen LogP contribution in [0.15, 0.2) is 36.5 Å². The van der Waals surface area contributed by atoms with Gasteiger partial charge in [-0.15, -0.1) is 0 Å². The highest BCUT2D eigenvalue weighted by Gasteiger charge is 2.02. The van der Waals surface area contributed by atoms with Gasteiger partial charge in [0.1, 0.15) is 12.5 Å². The van der Waals surface area contributed by atoms with Crippen LogP contribution in [0.1, 0.15) is 0 Å². The van der Waals surface area contributed by atoms with Crippen LogP contribution in [0.25, 0.3) is 0 Å². The van der Waals surface area contributed by atoms with E-state index in [-0.39, 0.29) is 0 Å². The van der Waals surface area contributed by atoms with E-state index in [0.29, 0.717) is 23.3 Å². The molecular weight excluding hydrogens is 232 g/mol. The molecule has 8 heteroatoms. The molecule has 0 unspecified atom stereocenters. The summed E-state index contributed by atoms with van der Waals surface area (Å²) in [5.74, 6) is 0. The summed E-state index contributed by atoms with van der Waals surface area (Å²) >= 11 is 0. The Balaban J connectivity index is 4.25. The van der Waals surface area contributed by atoms with Gasteiger partial charge in [0.05, 0.1) is 10.8 Å². The van der Waals surface area contributed by atoms with Crippen molar-refractivity contribution in [2.75, 3.05) is 0 Å². The molecule has 80 valence electrons. The van der Waals surface area contributed by atoms with Gasteiger partial charge >= 0.3 is 20.2 Å². The van der Waals surface area contributed by atoms with Crippen molar-refractivity contribution in [3.63, 3.8) is 0 Å². The van der Waals surface area contributed by atoms with Crippen LogP contribution >= 0.6 is 0 Å². The fourth-order valence-electron chi connectivity index (χ4n) is 0.279. The second-order valence-corrected chi connectivity index (χ2v) is 4.81. The van der Waals surface area contributed by atoms with Gasteiger partial charge in [0, 0.05) is 0 Å². The molecule has 0 saturated carbocycles. The zero-order chi connectivity index (χ0) is 11.2. The predicted octanol–water partition coefficient (Wildman–Crippen LogP) is 0.437. The van der Waals surface area contributed by atoms with Crippen LogP contribution in [0.4, 0.5) is 0 Å². The maximum Gasteiger partial charge on any atom is 0.331 e. The molecule has 0 aliphatic heterocycles. The molecule has 0 aliphatic carbocycles. The van der Waals surface area contributed by atoms with Crippen molar-refractivity contribution in [2.45, 2.75) is 0 Å². The Morgan fingerprint density at radius 3 is 1.29 bits per heavy atom. The first-order valence-corrected chi connectivity index (χ1v) is 6.04. The van der Waals surface area contributed by atoms with Gasteiger partial charge in [-0.2, -0.15) is 16.8 Å². The van der Waals surface area contributed by atoms with E-state index >= 15 is 0 Å². The van der Waals surface area contributed by atoms with Gasteiger partial charge in [-0.25, -0.2) is 0 Å². The Kier molecular flexibility index (Phi) is 4.38. The molecule has 0 aromatic rings. The lowest BCUT2D eigenvalue weighted by atomic mass is 11.1. The molecular formula is C6H8O6S2. The molecule has 0 atom stereocenters. The van der Waals surface area contributed by atoms with E-state index in [1.165, 1.54) is 0 Å². The fraction of sp³-hybridized carbons (Fsp3) is 0. The van der Waals surface area contributed by atoms with Crippen molar-refractivity contribution in [2.24, 2.45) is 0 Å². The quantitative estimate of drug-likeness (QED) is 0.494. The second-order valence-electron chi connectivity index (χ2n) is 1.78. The first kappa shape index (κ1) is 12.7. The number of rotatable bonds is 6. The first-order valence-electron chi connectivity index (χ1n) is 3.09. The first-order chi connectivity index (χ1) is 6.33. The molecule has 0 rings (SSSR count). The third-order valence-electron chi connectivity index (χ3n) is 0.843. The van der Waals surface area contributed by atoms with E-state index in [4.69, 9.17) is 0 Å². The van der Waals surface area contributed by atoms with Gasteiger partial charge < -0.3 is 8.37 Å². The molecule has 0 aromatic carbocycles. The number of hydrogen-bond donors (Lipinski definition) is 0. The Hall–Kier alpha value is -1.28. The Bertz CT molecular complexity index is 385. The molecule has 0 radical (unpaired) electrons. The van der Waals surface area contributed by atoms with Gasteiger partial charge in [-0.05, 0) is 0 Å². The minimum absolute atomic E-state index is 0.554. The van der Waals surface area contributed by atoms with Crippen LogP contribution in [-0.2, 0) is 28.6 Å². The van der Waals surface area contributed by atoms with E-state index in [0.717, 1.165) is 0 Å². The zero-order valence-electron chi connectivity index (χ0n) is 6.99. The van der Waals surface area contributed by atoms with Gasteiger partial charge in [-0.1, -0.05) is 13.2 Å². The molecule has 0 fully saturated rings. The Labute approximate surface area is 82.4 Å². The largest absolute Gasteiger partial charge is 0.384 e. The van der Waals surface area contributed by atoms with E-state index in [9.17, 15) is 16.8 Å². The standard InChI is InChI=1S/C6H8O6S2/c1-3-13(7,8)11-5-6-12-14(9,10)4-2/h3-6H,1-2H2/b6-5+. The molecule has 0 heterocycles. The highest BCUT2D eigenvalue weighted by atomic mass is 32.2. The molecule has 0 bridgehead atoms. The summed E-state index contributed by atoms with van der Waals surface area (Å²) in [7, 11) is -7.74. The fourth-order valence-corrected chi connectivity index (χ4v) is 0.836. The third kappa shape index (κ3) is 5.38. The lowest BCUT2D eigenvalue weighted by Crippen LogP contribution is -1.97. The molecule has 0 amide bonds. The average Bonchev–Trinajstić information content (AvgIpc) is 2.13. The van der Waals surface area contributed by atoms with Crippen LogP contribution in [0.3, 0.4) is 0 Å². The Morgan fingerprint density at radius 2 is 1.07 bits per heavy atom. The van der Waals surface area contributed by atoms with Crippen LogP contribution < -0.4 is 0 Å². The maximum atomic E-state index is 10.6. The summed E-state index contributed by atoms with van der Waals surface area (Å²) in [6.45, 7) is 5.91. The van der Waals surface area contributed by atoms with Crippen molar-refractivity contribution in [1.29, 1.82) is 0 Å². The predicted molar refractivity (Wildman–Crippen MR) is 49.5 cm³/mol. The van der Waals surface area contributed by atoms with Gasteiger partial charge in [0.15, 0.2) is 0 Å². The van der Waals surface area contributed by atoms with E-state index in [1.54, 1.807) is 0 Å². The lowest BCUT2D eigenvalue weighted by Gasteiger charge is -1.96. The highest BCUT2D eigenvalue weighted by molar-refractivity contribution is 7.90. The summed E-state index contributed by atoms with van der Waals surface area (Å²) in [4.78, 5) is 0. The van der Waals surface area contributed by atoms with Crippen molar-refractivity contribution in [3.8, 4) is 0 Å². The molecule has 0 aliphatic rings. The summed E-state index contributed by atoms with van der Waals surface area (Å²) in [5, 5.41) is 1.11. The van der Waals surface area contributed by atoms with Gasteiger partial charge in [0.25, 0.3) is 0 Å². The lowest BCUT2D eigenvalue weighted by molar-refractivity contribution is 0.411. The van der Waals surface area contributed by atoms with Crippen molar-refractivity contribution >= 4 is 20.2 Å². The maximum absolute atomic E-state index is 10.6. The summed E-state index contributed by atoms with van der Waals surface area (Å²) in [6, 6.07) is 0. The topological polar surface area (TPSA) is 86.7 Å². The molecule has 0 N–H and O–H groups in total. The molecule has 0 saturated heterocycles. The van der Waals surface area contributed by atoms with Crippen molar-refractivity contribution in [1.82, 2.24) is 0 Å². The average molecular weight is 240 g/mol. The summed E-state index contributed by atoms with van der Waals surface area (Å²) < 4.78 is 50.4. The summed E-state index contributed by atoms with van der Waals surface area (Å²) in [6.07, 6.45) is 1.11.